The smallest absolute Gasteiger partial charge is 0.247 e. The summed E-state index contributed by atoms with van der Waals surface area (Å²) >= 11 is 0. The van der Waals surface area contributed by atoms with Crippen LogP contribution in [0.1, 0.15) is 25.3 Å². The highest BCUT2D eigenvalue weighted by atomic mass is 16.1. The molecule has 2 aromatic heterocycles. The van der Waals surface area contributed by atoms with E-state index < -0.39 is 0 Å². The van der Waals surface area contributed by atoms with Gasteiger partial charge in [-0.3, -0.25) is 4.79 Å². The van der Waals surface area contributed by atoms with Crippen molar-refractivity contribution in [2.24, 2.45) is 5.73 Å². The fourth-order valence-corrected chi connectivity index (χ4v) is 3.57. The van der Waals surface area contributed by atoms with Gasteiger partial charge in [-0.1, -0.05) is 19.6 Å². The van der Waals surface area contributed by atoms with Crippen LogP contribution in [-0.4, -0.2) is 44.6 Å². The van der Waals surface area contributed by atoms with Crippen LogP contribution in [0.25, 0.3) is 5.65 Å². The van der Waals surface area contributed by atoms with Crippen molar-refractivity contribution in [2.75, 3.05) is 28.6 Å². The van der Waals surface area contributed by atoms with Crippen molar-refractivity contribution in [1.82, 2.24) is 19.6 Å². The van der Waals surface area contributed by atoms with Crippen LogP contribution < -0.4 is 21.3 Å². The Labute approximate surface area is 175 Å². The molecule has 0 radical (unpaired) electrons. The molecule has 0 bridgehead atoms. The van der Waals surface area contributed by atoms with Crippen LogP contribution in [-0.2, 0) is 11.2 Å². The number of nitrogens with two attached hydrogens (primary N) is 1. The Bertz CT molecular complexity index is 1080. The summed E-state index contributed by atoms with van der Waals surface area (Å²) < 4.78 is 1.71. The van der Waals surface area contributed by atoms with Crippen LogP contribution in [0.15, 0.2) is 43.1 Å². The molecule has 1 aliphatic heterocycles. The number of anilines is 4. The second-order valence-corrected chi connectivity index (χ2v) is 7.35. The molecule has 1 atom stereocenters. The third-order valence-electron chi connectivity index (χ3n) is 5.12. The van der Waals surface area contributed by atoms with Crippen LogP contribution in [0.3, 0.4) is 0 Å². The highest BCUT2D eigenvalue weighted by molar-refractivity contribution is 5.99. The van der Waals surface area contributed by atoms with Gasteiger partial charge in [-0.15, -0.1) is 0 Å². The van der Waals surface area contributed by atoms with E-state index in [-0.39, 0.29) is 11.9 Å². The maximum atomic E-state index is 11.6. The van der Waals surface area contributed by atoms with Crippen molar-refractivity contribution in [2.45, 2.75) is 32.2 Å². The molecule has 1 amide bonds. The first-order valence-corrected chi connectivity index (χ1v) is 10.1. The van der Waals surface area contributed by atoms with Crippen LogP contribution in [0.4, 0.5) is 23.3 Å². The van der Waals surface area contributed by atoms with Gasteiger partial charge in [-0.25, -0.2) is 0 Å². The first-order chi connectivity index (χ1) is 14.6. The molecule has 0 spiro atoms. The van der Waals surface area contributed by atoms with E-state index in [1.54, 1.807) is 4.52 Å². The second kappa shape index (κ2) is 8.50. The number of rotatable bonds is 6. The zero-order valence-corrected chi connectivity index (χ0v) is 17.0. The van der Waals surface area contributed by atoms with E-state index in [0.717, 1.165) is 49.2 Å². The predicted octanol–water partition coefficient (Wildman–Crippen LogP) is 2.48. The normalized spacial score (nSPS) is 16.5. The van der Waals surface area contributed by atoms with Crippen molar-refractivity contribution >= 4 is 34.8 Å². The van der Waals surface area contributed by atoms with E-state index in [1.807, 2.05) is 30.5 Å². The van der Waals surface area contributed by atoms with Crippen molar-refractivity contribution in [3.63, 3.8) is 0 Å². The number of hydrogen-bond donors (Lipinski definition) is 3. The number of fused-ring (bicyclic) bond motifs is 1. The number of carbonyl (C=O) groups is 1. The van der Waals surface area contributed by atoms with E-state index in [1.165, 1.54) is 6.08 Å². The van der Waals surface area contributed by atoms with Gasteiger partial charge >= 0.3 is 0 Å². The van der Waals surface area contributed by atoms with Crippen LogP contribution >= 0.6 is 0 Å². The largest absolute Gasteiger partial charge is 0.339 e. The number of benzene rings is 1. The van der Waals surface area contributed by atoms with Crippen molar-refractivity contribution in [3.8, 4) is 0 Å². The third-order valence-corrected chi connectivity index (χ3v) is 5.12. The summed E-state index contributed by atoms with van der Waals surface area (Å²) in [6, 6.07) is 7.51. The molecule has 0 saturated carbocycles. The molecule has 1 aliphatic rings. The molecule has 1 saturated heterocycles. The van der Waals surface area contributed by atoms with E-state index in [2.05, 4.69) is 34.1 Å². The SMILES string of the molecule is C=CC(=O)Nc1cccc(Nc2nc(N3CCCC(N)C3)nc3c(CC)cnn23)c1. The van der Waals surface area contributed by atoms with Gasteiger partial charge in [0.15, 0.2) is 5.65 Å². The first kappa shape index (κ1) is 19.8. The Morgan fingerprint density at radius 3 is 2.97 bits per heavy atom. The van der Waals surface area contributed by atoms with Gasteiger partial charge < -0.3 is 21.3 Å². The fraction of sp³-hybridized carbons (Fsp3) is 0.333. The van der Waals surface area contributed by atoms with Gasteiger partial charge in [0.25, 0.3) is 0 Å². The summed E-state index contributed by atoms with van der Waals surface area (Å²) in [5.41, 5.74) is 9.43. The third kappa shape index (κ3) is 4.11. The van der Waals surface area contributed by atoms with Gasteiger partial charge in [0, 0.05) is 36.1 Å². The number of amides is 1. The average Bonchev–Trinajstić information content (AvgIpc) is 3.17. The van der Waals surface area contributed by atoms with E-state index in [4.69, 9.17) is 15.7 Å². The summed E-state index contributed by atoms with van der Waals surface area (Å²) in [6.07, 6.45) is 5.91. The molecule has 1 unspecified atom stereocenters. The molecule has 9 heteroatoms. The minimum absolute atomic E-state index is 0.121. The Kier molecular flexibility index (Phi) is 5.62. The monoisotopic (exact) mass is 406 g/mol. The zero-order chi connectivity index (χ0) is 21.1. The number of piperidine rings is 1. The summed E-state index contributed by atoms with van der Waals surface area (Å²) in [7, 11) is 0. The molecule has 30 heavy (non-hydrogen) atoms. The molecule has 4 rings (SSSR count). The Morgan fingerprint density at radius 1 is 1.37 bits per heavy atom. The van der Waals surface area contributed by atoms with E-state index >= 15 is 0 Å². The predicted molar refractivity (Wildman–Crippen MR) is 118 cm³/mol. The zero-order valence-electron chi connectivity index (χ0n) is 17.0. The summed E-state index contributed by atoms with van der Waals surface area (Å²) in [5, 5.41) is 10.6. The van der Waals surface area contributed by atoms with Gasteiger partial charge in [-0.05, 0) is 43.5 Å². The molecule has 1 fully saturated rings. The van der Waals surface area contributed by atoms with Crippen molar-refractivity contribution in [3.05, 3.63) is 48.7 Å². The standard InChI is InChI=1S/C21H26N8O/c1-3-14-12-23-29-19(14)26-20(28-10-6-7-15(22)13-28)27-21(29)25-17-9-5-8-16(11-17)24-18(30)4-2/h4-5,8-9,11-12,15H,2-3,6-7,10,13,22H2,1H3,(H,24,30)(H,25,26,27). The molecule has 9 nitrogen and oxygen atoms in total. The Morgan fingerprint density at radius 2 is 2.20 bits per heavy atom. The number of nitrogens with zero attached hydrogens (tertiary/aromatic N) is 5. The molecule has 3 heterocycles. The minimum atomic E-state index is -0.264. The lowest BCUT2D eigenvalue weighted by Crippen LogP contribution is -2.43. The molecular formula is C21H26N8O. The summed E-state index contributed by atoms with van der Waals surface area (Å²) in [5.74, 6) is 0.937. The van der Waals surface area contributed by atoms with Crippen LogP contribution in [0.5, 0.6) is 0 Å². The lowest BCUT2D eigenvalue weighted by Gasteiger charge is -2.31. The van der Waals surface area contributed by atoms with Crippen LogP contribution in [0.2, 0.25) is 0 Å². The summed E-state index contributed by atoms with van der Waals surface area (Å²) in [4.78, 5) is 23.3. The lowest BCUT2D eigenvalue weighted by molar-refractivity contribution is -0.111. The summed E-state index contributed by atoms with van der Waals surface area (Å²) in [6.45, 7) is 7.17. The quantitative estimate of drug-likeness (QED) is 0.539. The van der Waals surface area contributed by atoms with Crippen molar-refractivity contribution in [1.29, 1.82) is 0 Å². The Balaban J connectivity index is 1.71. The van der Waals surface area contributed by atoms with E-state index in [0.29, 0.717) is 17.6 Å². The number of nitrogens with one attached hydrogen (secondary N) is 2. The molecule has 1 aromatic carbocycles. The fourth-order valence-electron chi connectivity index (χ4n) is 3.57. The first-order valence-electron chi connectivity index (χ1n) is 10.1. The highest BCUT2D eigenvalue weighted by Crippen LogP contribution is 2.24. The number of aromatic nitrogens is 4. The minimum Gasteiger partial charge on any atom is -0.339 e. The number of hydrogen-bond acceptors (Lipinski definition) is 7. The maximum Gasteiger partial charge on any atom is 0.247 e. The maximum absolute atomic E-state index is 11.6. The number of aryl methyl sites for hydroxylation is 1. The van der Waals surface area contributed by atoms with Gasteiger partial charge in [0.1, 0.15) is 0 Å². The molecule has 3 aromatic rings. The van der Waals surface area contributed by atoms with Gasteiger partial charge in [-0.2, -0.15) is 19.6 Å². The number of carbonyl (C=O) groups excluding carboxylic acids is 1. The van der Waals surface area contributed by atoms with Crippen molar-refractivity contribution < 1.29 is 4.79 Å². The molecule has 4 N–H and O–H groups in total. The lowest BCUT2D eigenvalue weighted by atomic mass is 10.1. The Hall–Kier alpha value is -3.46. The van der Waals surface area contributed by atoms with Gasteiger partial charge in [0.05, 0.1) is 6.20 Å². The molecule has 156 valence electrons. The van der Waals surface area contributed by atoms with Crippen LogP contribution in [0, 0.1) is 0 Å². The molecular weight excluding hydrogens is 380 g/mol. The molecule has 0 aliphatic carbocycles. The van der Waals surface area contributed by atoms with Gasteiger partial charge in [0.2, 0.25) is 17.8 Å². The second-order valence-electron chi connectivity index (χ2n) is 7.35. The highest BCUT2D eigenvalue weighted by Gasteiger charge is 2.22. The topological polar surface area (TPSA) is 113 Å². The van der Waals surface area contributed by atoms with E-state index in [9.17, 15) is 4.79 Å². The average molecular weight is 406 g/mol.